The van der Waals surface area contributed by atoms with Gasteiger partial charge in [-0.05, 0) is 43.7 Å². The van der Waals surface area contributed by atoms with Crippen LogP contribution in [0.1, 0.15) is 51.7 Å². The van der Waals surface area contributed by atoms with Crippen LogP contribution >= 0.6 is 0 Å². The fourth-order valence-corrected chi connectivity index (χ4v) is 4.46. The van der Waals surface area contributed by atoms with Crippen molar-refractivity contribution >= 4 is 11.9 Å². The standard InChI is InChI=1S/C28H38N2O4/c1-20(2)23(27(32)29-16-15-26(31)33-19-22-13-9-6-10-14-22)18-25-24(30-28(3,4)34-25)17-21-11-7-5-8-12-21/h5-14,20,23-25,30H,15-19H2,1-4H3,(H,29,32)/t23-,24-,25-/m0/s1. The zero-order chi connectivity index (χ0) is 24.6. The number of nitrogens with one attached hydrogen (secondary N) is 2. The minimum atomic E-state index is -0.440. The number of benzene rings is 2. The molecule has 0 aromatic heterocycles. The molecule has 0 unspecified atom stereocenters. The molecule has 2 aromatic carbocycles. The van der Waals surface area contributed by atoms with E-state index in [-0.39, 0.29) is 55.4 Å². The molecular formula is C28H38N2O4. The van der Waals surface area contributed by atoms with Crippen LogP contribution in [0.4, 0.5) is 0 Å². The lowest BCUT2D eigenvalue weighted by Crippen LogP contribution is -2.42. The van der Waals surface area contributed by atoms with E-state index in [0.29, 0.717) is 6.42 Å². The molecule has 2 N–H and O–H groups in total. The lowest BCUT2D eigenvalue weighted by Gasteiger charge is -2.26. The van der Waals surface area contributed by atoms with Gasteiger partial charge >= 0.3 is 5.97 Å². The van der Waals surface area contributed by atoms with E-state index in [9.17, 15) is 9.59 Å². The highest BCUT2D eigenvalue weighted by atomic mass is 16.5. The highest BCUT2D eigenvalue weighted by molar-refractivity contribution is 5.79. The van der Waals surface area contributed by atoms with Crippen LogP contribution in [0.3, 0.4) is 0 Å². The lowest BCUT2D eigenvalue weighted by molar-refractivity contribution is -0.144. The molecule has 184 valence electrons. The third-order valence-electron chi connectivity index (χ3n) is 6.22. The second-order valence-corrected chi connectivity index (χ2v) is 9.88. The second kappa shape index (κ2) is 12.1. The maximum absolute atomic E-state index is 13.0. The largest absolute Gasteiger partial charge is 0.461 e. The number of hydrogen-bond donors (Lipinski definition) is 2. The molecule has 1 saturated heterocycles. The first kappa shape index (κ1) is 25.9. The van der Waals surface area contributed by atoms with Gasteiger partial charge < -0.3 is 14.8 Å². The van der Waals surface area contributed by atoms with E-state index in [1.54, 1.807) is 0 Å². The van der Waals surface area contributed by atoms with Crippen LogP contribution < -0.4 is 10.6 Å². The summed E-state index contributed by atoms with van der Waals surface area (Å²) in [4.78, 5) is 25.1. The summed E-state index contributed by atoms with van der Waals surface area (Å²) in [5, 5.41) is 6.52. The topological polar surface area (TPSA) is 76.7 Å². The number of carbonyl (C=O) groups is 2. The molecule has 6 heteroatoms. The van der Waals surface area contributed by atoms with Gasteiger partial charge in [-0.3, -0.25) is 14.9 Å². The first-order valence-corrected chi connectivity index (χ1v) is 12.2. The molecule has 1 aliphatic rings. The number of ether oxygens (including phenoxy) is 2. The Balaban J connectivity index is 1.50. The number of esters is 1. The van der Waals surface area contributed by atoms with Crippen LogP contribution in [0, 0.1) is 11.8 Å². The molecule has 0 radical (unpaired) electrons. The first-order chi connectivity index (χ1) is 16.2. The van der Waals surface area contributed by atoms with Gasteiger partial charge in [-0.25, -0.2) is 0 Å². The van der Waals surface area contributed by atoms with Gasteiger partial charge in [-0.1, -0.05) is 74.5 Å². The van der Waals surface area contributed by atoms with Gasteiger partial charge in [0.15, 0.2) is 0 Å². The van der Waals surface area contributed by atoms with E-state index in [4.69, 9.17) is 9.47 Å². The van der Waals surface area contributed by atoms with E-state index >= 15 is 0 Å². The molecule has 1 aliphatic heterocycles. The second-order valence-electron chi connectivity index (χ2n) is 9.88. The monoisotopic (exact) mass is 466 g/mol. The van der Waals surface area contributed by atoms with Crippen molar-refractivity contribution in [2.24, 2.45) is 11.8 Å². The van der Waals surface area contributed by atoms with Crippen LogP contribution in [0.2, 0.25) is 0 Å². The molecular weight excluding hydrogens is 428 g/mol. The molecule has 34 heavy (non-hydrogen) atoms. The van der Waals surface area contributed by atoms with E-state index < -0.39 is 5.72 Å². The zero-order valence-electron chi connectivity index (χ0n) is 20.8. The van der Waals surface area contributed by atoms with Crippen LogP contribution in [0.25, 0.3) is 0 Å². The number of amides is 1. The van der Waals surface area contributed by atoms with E-state index in [0.717, 1.165) is 12.0 Å². The van der Waals surface area contributed by atoms with E-state index in [1.165, 1.54) is 5.56 Å². The predicted octanol–water partition coefficient (Wildman–Crippen LogP) is 4.23. The number of hydrogen-bond acceptors (Lipinski definition) is 5. The molecule has 1 amide bonds. The third-order valence-corrected chi connectivity index (χ3v) is 6.22. The lowest BCUT2D eigenvalue weighted by atomic mass is 9.86. The molecule has 0 saturated carbocycles. The highest BCUT2D eigenvalue weighted by Crippen LogP contribution is 2.30. The van der Waals surface area contributed by atoms with Crippen molar-refractivity contribution in [3.05, 3.63) is 71.8 Å². The maximum Gasteiger partial charge on any atom is 0.307 e. The highest BCUT2D eigenvalue weighted by Gasteiger charge is 2.41. The Morgan fingerprint density at radius 1 is 1.03 bits per heavy atom. The Bertz CT molecular complexity index is 915. The molecule has 3 atom stereocenters. The van der Waals surface area contributed by atoms with Crippen LogP contribution in [0.15, 0.2) is 60.7 Å². The average molecular weight is 467 g/mol. The van der Waals surface area contributed by atoms with Crippen molar-refractivity contribution in [3.8, 4) is 0 Å². The first-order valence-electron chi connectivity index (χ1n) is 12.2. The molecule has 0 aliphatic carbocycles. The summed E-state index contributed by atoms with van der Waals surface area (Å²) < 4.78 is 11.6. The zero-order valence-corrected chi connectivity index (χ0v) is 20.8. The Kier molecular flexibility index (Phi) is 9.25. The van der Waals surface area contributed by atoms with Crippen molar-refractivity contribution in [2.75, 3.05) is 6.54 Å². The van der Waals surface area contributed by atoms with Gasteiger partial charge in [0.05, 0.1) is 12.5 Å². The molecule has 3 rings (SSSR count). The van der Waals surface area contributed by atoms with Crippen LogP contribution in [-0.4, -0.2) is 36.3 Å². The fourth-order valence-electron chi connectivity index (χ4n) is 4.46. The number of rotatable bonds is 11. The van der Waals surface area contributed by atoms with E-state index in [1.807, 2.05) is 62.4 Å². The fraction of sp³-hybridized carbons (Fsp3) is 0.500. The van der Waals surface area contributed by atoms with Gasteiger partial charge in [0.1, 0.15) is 12.3 Å². The Labute approximate surface area is 203 Å². The van der Waals surface area contributed by atoms with Crippen LogP contribution in [-0.2, 0) is 32.1 Å². The van der Waals surface area contributed by atoms with Gasteiger partial charge in [-0.15, -0.1) is 0 Å². The van der Waals surface area contributed by atoms with Crippen LogP contribution in [0.5, 0.6) is 0 Å². The van der Waals surface area contributed by atoms with Crippen molar-refractivity contribution in [1.29, 1.82) is 0 Å². The summed E-state index contributed by atoms with van der Waals surface area (Å²) in [5.41, 5.74) is 1.74. The van der Waals surface area contributed by atoms with Gasteiger partial charge in [0.2, 0.25) is 5.91 Å². The van der Waals surface area contributed by atoms with E-state index in [2.05, 4.69) is 36.6 Å². The minimum Gasteiger partial charge on any atom is -0.461 e. The van der Waals surface area contributed by atoms with Gasteiger partial charge in [0.25, 0.3) is 0 Å². The molecule has 0 spiro atoms. The summed E-state index contributed by atoms with van der Waals surface area (Å²) in [7, 11) is 0. The summed E-state index contributed by atoms with van der Waals surface area (Å²) in [6.45, 7) is 8.66. The Morgan fingerprint density at radius 2 is 1.65 bits per heavy atom. The molecule has 0 bridgehead atoms. The Hall–Kier alpha value is -2.70. The average Bonchev–Trinajstić information content (AvgIpc) is 3.09. The van der Waals surface area contributed by atoms with Gasteiger partial charge in [0, 0.05) is 18.5 Å². The van der Waals surface area contributed by atoms with Crippen molar-refractivity contribution in [2.45, 2.75) is 71.4 Å². The summed E-state index contributed by atoms with van der Waals surface area (Å²) in [5.74, 6) is -0.426. The van der Waals surface area contributed by atoms with Gasteiger partial charge in [-0.2, -0.15) is 0 Å². The normalized spacial score (nSPS) is 20.1. The maximum atomic E-state index is 13.0. The predicted molar refractivity (Wildman–Crippen MR) is 133 cm³/mol. The van der Waals surface area contributed by atoms with Crippen molar-refractivity contribution in [1.82, 2.24) is 10.6 Å². The SMILES string of the molecule is CC(C)[C@H](C[C@@H]1OC(C)(C)N[C@H]1Cc1ccccc1)C(=O)NCCC(=O)OCc1ccccc1. The summed E-state index contributed by atoms with van der Waals surface area (Å²) in [6.07, 6.45) is 1.53. The molecule has 1 fully saturated rings. The molecule has 6 nitrogen and oxygen atoms in total. The van der Waals surface area contributed by atoms with Crippen molar-refractivity contribution < 1.29 is 19.1 Å². The Morgan fingerprint density at radius 3 is 2.26 bits per heavy atom. The third kappa shape index (κ3) is 7.96. The quantitative estimate of drug-likeness (QED) is 0.485. The molecule has 2 aromatic rings. The smallest absolute Gasteiger partial charge is 0.307 e. The summed E-state index contributed by atoms with van der Waals surface area (Å²) >= 11 is 0. The number of carbonyl (C=O) groups excluding carboxylic acids is 2. The van der Waals surface area contributed by atoms with Crippen molar-refractivity contribution in [3.63, 3.8) is 0 Å². The molecule has 1 heterocycles. The minimum absolute atomic E-state index is 0.0439. The summed E-state index contributed by atoms with van der Waals surface area (Å²) in [6, 6.07) is 20.0.